The van der Waals surface area contributed by atoms with Crippen molar-refractivity contribution in [2.75, 3.05) is 29.9 Å². The van der Waals surface area contributed by atoms with E-state index in [4.69, 9.17) is 11.6 Å². The topological polar surface area (TPSA) is 86.4 Å². The zero-order valence-electron chi connectivity index (χ0n) is 18.8. The molecule has 0 radical (unpaired) electrons. The second kappa shape index (κ2) is 11.5. The van der Waals surface area contributed by atoms with Crippen LogP contribution in [-0.2, 0) is 4.79 Å². The number of nitrogens with one attached hydrogen (secondary N) is 3. The largest absolute Gasteiger partial charge is 0.371 e. The number of urea groups is 1. The third-order valence-corrected chi connectivity index (χ3v) is 6.23. The first kappa shape index (κ1) is 23.6. The monoisotopic (exact) mass is 477 g/mol. The molecule has 3 amide bonds. The summed E-state index contributed by atoms with van der Waals surface area (Å²) in [7, 11) is 0. The molecule has 0 aliphatic carbocycles. The second-order valence-corrected chi connectivity index (χ2v) is 8.77. The molecule has 1 aliphatic rings. The summed E-state index contributed by atoms with van der Waals surface area (Å²) in [6, 6.07) is 18.8. The van der Waals surface area contributed by atoms with Crippen molar-refractivity contribution in [1.82, 2.24) is 15.6 Å². The number of piperidine rings is 1. The Balaban J connectivity index is 1.33. The Morgan fingerprint density at radius 3 is 2.32 bits per heavy atom. The van der Waals surface area contributed by atoms with E-state index in [9.17, 15) is 9.59 Å². The molecule has 2 aromatic carbocycles. The minimum Gasteiger partial charge on any atom is -0.371 e. The first-order valence-electron chi connectivity index (χ1n) is 11.4. The molecule has 1 saturated heterocycles. The number of hydrogen-bond donors (Lipinski definition) is 3. The lowest BCUT2D eigenvalue weighted by Gasteiger charge is -2.33. The van der Waals surface area contributed by atoms with Crippen LogP contribution in [-0.4, -0.2) is 36.6 Å². The van der Waals surface area contributed by atoms with Gasteiger partial charge in [0, 0.05) is 48.4 Å². The Hall–Kier alpha value is -3.58. The molecule has 1 aliphatic heterocycles. The SMILES string of the molecule is O=C(Nc1ccc(Cl)cc1)N[C@@H](C(=O)NCC1CCN(c2ccncc2)CC1)c1ccccc1. The lowest BCUT2D eigenvalue weighted by Crippen LogP contribution is -2.44. The Bertz CT molecular complexity index is 1070. The smallest absolute Gasteiger partial charge is 0.320 e. The highest BCUT2D eigenvalue weighted by Gasteiger charge is 2.25. The van der Waals surface area contributed by atoms with Crippen molar-refractivity contribution < 1.29 is 9.59 Å². The summed E-state index contributed by atoms with van der Waals surface area (Å²) >= 11 is 5.91. The summed E-state index contributed by atoms with van der Waals surface area (Å²) in [6.45, 7) is 2.45. The fourth-order valence-corrected chi connectivity index (χ4v) is 4.20. The highest BCUT2D eigenvalue weighted by Crippen LogP contribution is 2.23. The average Bonchev–Trinajstić information content (AvgIpc) is 2.88. The van der Waals surface area contributed by atoms with Crippen LogP contribution in [0, 0.1) is 5.92 Å². The van der Waals surface area contributed by atoms with Gasteiger partial charge < -0.3 is 20.9 Å². The van der Waals surface area contributed by atoms with Gasteiger partial charge in [-0.1, -0.05) is 41.9 Å². The molecular weight excluding hydrogens is 450 g/mol. The third kappa shape index (κ3) is 6.48. The second-order valence-electron chi connectivity index (χ2n) is 8.33. The van der Waals surface area contributed by atoms with Gasteiger partial charge in [0.05, 0.1) is 0 Å². The number of aromatic nitrogens is 1. The van der Waals surface area contributed by atoms with E-state index >= 15 is 0 Å². The van der Waals surface area contributed by atoms with E-state index in [1.54, 1.807) is 36.7 Å². The third-order valence-electron chi connectivity index (χ3n) is 5.98. The molecule has 1 aromatic heterocycles. The number of benzene rings is 2. The van der Waals surface area contributed by atoms with Gasteiger partial charge in [-0.25, -0.2) is 4.79 Å². The van der Waals surface area contributed by atoms with Crippen LogP contribution in [0.15, 0.2) is 79.1 Å². The highest BCUT2D eigenvalue weighted by atomic mass is 35.5. The molecule has 34 heavy (non-hydrogen) atoms. The molecule has 0 bridgehead atoms. The van der Waals surface area contributed by atoms with Crippen molar-refractivity contribution in [2.24, 2.45) is 5.92 Å². The molecular formula is C26H28ClN5O2. The van der Waals surface area contributed by atoms with E-state index in [-0.39, 0.29) is 5.91 Å². The predicted molar refractivity (Wildman–Crippen MR) is 135 cm³/mol. The molecule has 8 heteroatoms. The summed E-state index contributed by atoms with van der Waals surface area (Å²) < 4.78 is 0. The van der Waals surface area contributed by atoms with Crippen LogP contribution in [0.4, 0.5) is 16.2 Å². The van der Waals surface area contributed by atoms with Crippen LogP contribution in [0.3, 0.4) is 0 Å². The van der Waals surface area contributed by atoms with Crippen molar-refractivity contribution in [3.63, 3.8) is 0 Å². The van der Waals surface area contributed by atoms with Gasteiger partial charge in [-0.3, -0.25) is 9.78 Å². The first-order chi connectivity index (χ1) is 16.6. The summed E-state index contributed by atoms with van der Waals surface area (Å²) in [6.07, 6.45) is 5.59. The van der Waals surface area contributed by atoms with Crippen LogP contribution >= 0.6 is 11.6 Å². The summed E-state index contributed by atoms with van der Waals surface area (Å²) in [4.78, 5) is 32.2. The lowest BCUT2D eigenvalue weighted by molar-refractivity contribution is -0.123. The fraction of sp³-hybridized carbons (Fsp3) is 0.269. The van der Waals surface area contributed by atoms with E-state index in [0.717, 1.165) is 31.5 Å². The molecule has 3 aromatic rings. The van der Waals surface area contributed by atoms with Gasteiger partial charge in [-0.2, -0.15) is 0 Å². The summed E-state index contributed by atoms with van der Waals surface area (Å²) in [5.74, 6) is 0.162. The van der Waals surface area contributed by atoms with Crippen molar-refractivity contribution >= 4 is 34.9 Å². The molecule has 2 heterocycles. The molecule has 7 nitrogen and oxygen atoms in total. The number of hydrogen-bond acceptors (Lipinski definition) is 4. The number of carbonyl (C=O) groups excluding carboxylic acids is 2. The normalized spacial score (nSPS) is 14.8. The van der Waals surface area contributed by atoms with Gasteiger partial charge in [0.25, 0.3) is 0 Å². The first-order valence-corrected chi connectivity index (χ1v) is 11.8. The Morgan fingerprint density at radius 2 is 1.65 bits per heavy atom. The molecule has 0 spiro atoms. The van der Waals surface area contributed by atoms with Crippen LogP contribution in [0.1, 0.15) is 24.4 Å². The average molecular weight is 478 g/mol. The van der Waals surface area contributed by atoms with Crippen molar-refractivity contribution in [3.05, 3.63) is 89.7 Å². The van der Waals surface area contributed by atoms with E-state index in [1.807, 2.05) is 42.5 Å². The van der Waals surface area contributed by atoms with Crippen LogP contribution < -0.4 is 20.9 Å². The van der Waals surface area contributed by atoms with E-state index in [2.05, 4.69) is 25.8 Å². The van der Waals surface area contributed by atoms with Gasteiger partial charge in [0.2, 0.25) is 5.91 Å². The number of nitrogens with zero attached hydrogens (tertiary/aromatic N) is 2. The van der Waals surface area contributed by atoms with Crippen LogP contribution in [0.25, 0.3) is 0 Å². The van der Waals surface area contributed by atoms with Crippen molar-refractivity contribution in [3.8, 4) is 0 Å². The maximum absolute atomic E-state index is 13.1. The highest BCUT2D eigenvalue weighted by molar-refractivity contribution is 6.30. The van der Waals surface area contributed by atoms with Gasteiger partial charge in [0.1, 0.15) is 6.04 Å². The molecule has 0 unspecified atom stereocenters. The van der Waals surface area contributed by atoms with Gasteiger partial charge >= 0.3 is 6.03 Å². The number of anilines is 2. The van der Waals surface area contributed by atoms with Gasteiger partial charge in [-0.15, -0.1) is 0 Å². The quantitative estimate of drug-likeness (QED) is 0.463. The number of pyridine rings is 1. The van der Waals surface area contributed by atoms with Gasteiger partial charge in [-0.05, 0) is 60.7 Å². The minimum atomic E-state index is -0.801. The summed E-state index contributed by atoms with van der Waals surface area (Å²) in [5.41, 5.74) is 2.49. The maximum Gasteiger partial charge on any atom is 0.320 e. The number of halogens is 1. The van der Waals surface area contributed by atoms with Crippen molar-refractivity contribution in [2.45, 2.75) is 18.9 Å². The van der Waals surface area contributed by atoms with Gasteiger partial charge in [0.15, 0.2) is 0 Å². The van der Waals surface area contributed by atoms with Crippen LogP contribution in [0.5, 0.6) is 0 Å². The predicted octanol–water partition coefficient (Wildman–Crippen LogP) is 4.63. The number of amides is 3. The minimum absolute atomic E-state index is 0.228. The van der Waals surface area contributed by atoms with Crippen LogP contribution in [0.2, 0.25) is 5.02 Å². The lowest BCUT2D eigenvalue weighted by atomic mass is 9.96. The molecule has 1 fully saturated rings. The van der Waals surface area contributed by atoms with E-state index in [0.29, 0.717) is 23.2 Å². The van der Waals surface area contributed by atoms with E-state index in [1.165, 1.54) is 5.69 Å². The maximum atomic E-state index is 13.1. The molecule has 176 valence electrons. The fourth-order valence-electron chi connectivity index (χ4n) is 4.07. The zero-order valence-corrected chi connectivity index (χ0v) is 19.5. The summed E-state index contributed by atoms with van der Waals surface area (Å²) in [5, 5.41) is 9.19. The van der Waals surface area contributed by atoms with Crippen molar-refractivity contribution in [1.29, 1.82) is 0 Å². The Kier molecular flexibility index (Phi) is 7.99. The molecule has 1 atom stereocenters. The molecule has 3 N–H and O–H groups in total. The molecule has 4 rings (SSSR count). The number of rotatable bonds is 7. The van der Waals surface area contributed by atoms with E-state index < -0.39 is 12.1 Å². The number of carbonyl (C=O) groups is 2. The zero-order chi connectivity index (χ0) is 23.8. The Labute approximate surface area is 204 Å². The molecule has 0 saturated carbocycles. The standard InChI is InChI=1S/C26H28ClN5O2/c27-21-6-8-22(9-7-21)30-26(34)31-24(20-4-2-1-3-5-20)25(33)29-18-19-12-16-32(17-13-19)23-10-14-28-15-11-23/h1-11,14-15,19,24H,12-13,16-18H2,(H,29,33)(H2,30,31,34)/t24-/m1/s1. The Morgan fingerprint density at radius 1 is 0.971 bits per heavy atom.